The van der Waals surface area contributed by atoms with Crippen LogP contribution in [0.15, 0.2) is 30.3 Å². The Hall–Kier alpha value is -1.68. The molecule has 1 heterocycles. The second-order valence-electron chi connectivity index (χ2n) is 5.77. The fourth-order valence-corrected chi connectivity index (χ4v) is 2.88. The first kappa shape index (κ1) is 13.3. The molecule has 1 aliphatic heterocycles. The molecule has 2 unspecified atom stereocenters. The first-order valence-corrected chi connectivity index (χ1v) is 7.28. The number of benzene rings is 1. The van der Waals surface area contributed by atoms with Crippen molar-refractivity contribution in [1.82, 2.24) is 10.2 Å². The van der Waals surface area contributed by atoms with Gasteiger partial charge in [0.05, 0.1) is 6.04 Å². The van der Waals surface area contributed by atoms with Crippen LogP contribution in [0.25, 0.3) is 0 Å². The molecule has 0 spiro atoms. The maximum Gasteiger partial charge on any atom is 0.246 e. The van der Waals surface area contributed by atoms with Crippen LogP contribution in [-0.2, 0) is 9.59 Å². The second-order valence-corrected chi connectivity index (χ2v) is 5.77. The molecule has 2 amide bonds. The molecule has 4 heteroatoms. The summed E-state index contributed by atoms with van der Waals surface area (Å²) in [6.45, 7) is 0. The summed E-state index contributed by atoms with van der Waals surface area (Å²) in [5.41, 5.74) is 1.24. The van der Waals surface area contributed by atoms with Crippen LogP contribution >= 0.6 is 0 Å². The van der Waals surface area contributed by atoms with E-state index in [4.69, 9.17) is 0 Å². The third kappa shape index (κ3) is 2.61. The van der Waals surface area contributed by atoms with E-state index in [1.807, 2.05) is 18.2 Å². The molecule has 1 aromatic carbocycles. The van der Waals surface area contributed by atoms with E-state index in [1.165, 1.54) is 23.3 Å². The van der Waals surface area contributed by atoms with E-state index in [0.29, 0.717) is 18.8 Å². The molecule has 0 bridgehead atoms. The van der Waals surface area contributed by atoms with Crippen molar-refractivity contribution in [1.29, 1.82) is 0 Å². The smallest absolute Gasteiger partial charge is 0.246 e. The number of carbonyl (C=O) groups excluding carboxylic acids is 2. The Bertz CT molecular complexity index is 510. The van der Waals surface area contributed by atoms with Crippen molar-refractivity contribution in [2.24, 2.45) is 5.92 Å². The number of nitrogens with one attached hydrogen (secondary N) is 1. The number of piperidine rings is 1. The number of likely N-dealkylation sites (tertiary alicyclic amines) is 1. The van der Waals surface area contributed by atoms with Crippen molar-refractivity contribution in [2.45, 2.75) is 37.8 Å². The lowest BCUT2D eigenvalue weighted by Crippen LogP contribution is -2.52. The van der Waals surface area contributed by atoms with Crippen LogP contribution in [0.2, 0.25) is 0 Å². The highest BCUT2D eigenvalue weighted by Gasteiger charge is 2.38. The zero-order chi connectivity index (χ0) is 14.1. The summed E-state index contributed by atoms with van der Waals surface area (Å²) < 4.78 is 0. The maximum absolute atomic E-state index is 12.2. The number of hydrogen-bond donors (Lipinski definition) is 1. The molecular weight excluding hydrogens is 252 g/mol. The van der Waals surface area contributed by atoms with Gasteiger partial charge in [-0.1, -0.05) is 30.3 Å². The molecule has 3 rings (SSSR count). The van der Waals surface area contributed by atoms with Gasteiger partial charge in [-0.3, -0.25) is 19.8 Å². The predicted molar refractivity (Wildman–Crippen MR) is 75.8 cm³/mol. The number of hydrogen-bond acceptors (Lipinski definition) is 3. The molecule has 1 saturated heterocycles. The van der Waals surface area contributed by atoms with Gasteiger partial charge in [0.25, 0.3) is 0 Å². The van der Waals surface area contributed by atoms with Crippen LogP contribution in [0.3, 0.4) is 0 Å². The van der Waals surface area contributed by atoms with Crippen LogP contribution in [0.4, 0.5) is 0 Å². The lowest BCUT2D eigenvalue weighted by atomic mass is 9.98. The Morgan fingerprint density at radius 3 is 2.50 bits per heavy atom. The summed E-state index contributed by atoms with van der Waals surface area (Å²) in [6, 6.07) is 10.3. The topological polar surface area (TPSA) is 49.4 Å². The van der Waals surface area contributed by atoms with Crippen LogP contribution < -0.4 is 5.32 Å². The van der Waals surface area contributed by atoms with Crippen LogP contribution in [0, 0.1) is 5.92 Å². The third-order valence-electron chi connectivity index (χ3n) is 4.28. The lowest BCUT2D eigenvalue weighted by Gasteiger charge is -2.31. The molecule has 1 aromatic rings. The zero-order valence-corrected chi connectivity index (χ0v) is 11.7. The molecule has 1 saturated carbocycles. The minimum atomic E-state index is -0.233. The Labute approximate surface area is 119 Å². The van der Waals surface area contributed by atoms with E-state index in [1.54, 1.807) is 7.05 Å². The number of likely N-dealkylation sites (N-methyl/N-ethyl adjacent to an activating group) is 1. The first-order chi connectivity index (χ1) is 9.66. The van der Waals surface area contributed by atoms with E-state index in [9.17, 15) is 9.59 Å². The number of imide groups is 1. The van der Waals surface area contributed by atoms with Gasteiger partial charge in [-0.25, -0.2) is 0 Å². The van der Waals surface area contributed by atoms with Gasteiger partial charge in [0.15, 0.2) is 0 Å². The standard InChI is InChI=1S/C16H20N2O2/c1-18-14(19)10-9-13(16(18)20)17-15(12-7-8-12)11-5-3-2-4-6-11/h2-6,12-13,15,17H,7-10H2,1H3. The largest absolute Gasteiger partial charge is 0.299 e. The summed E-state index contributed by atoms with van der Waals surface area (Å²) in [5, 5.41) is 3.49. The van der Waals surface area contributed by atoms with Crippen LogP contribution in [0.5, 0.6) is 0 Å². The average Bonchev–Trinajstić information content (AvgIpc) is 3.30. The van der Waals surface area contributed by atoms with Gasteiger partial charge in [-0.15, -0.1) is 0 Å². The van der Waals surface area contributed by atoms with Crippen molar-refractivity contribution < 1.29 is 9.59 Å². The Morgan fingerprint density at radius 1 is 1.15 bits per heavy atom. The van der Waals surface area contributed by atoms with Crippen molar-refractivity contribution >= 4 is 11.8 Å². The molecule has 0 radical (unpaired) electrons. The molecule has 4 nitrogen and oxygen atoms in total. The predicted octanol–water partition coefficient (Wildman–Crippen LogP) is 1.87. The molecule has 0 aromatic heterocycles. The van der Waals surface area contributed by atoms with Gasteiger partial charge in [0, 0.05) is 19.5 Å². The molecule has 1 N–H and O–H groups in total. The van der Waals surface area contributed by atoms with Crippen molar-refractivity contribution in [3.8, 4) is 0 Å². The van der Waals surface area contributed by atoms with Crippen LogP contribution in [-0.4, -0.2) is 29.8 Å². The van der Waals surface area contributed by atoms with Crippen molar-refractivity contribution in [3.05, 3.63) is 35.9 Å². The first-order valence-electron chi connectivity index (χ1n) is 7.28. The molecule has 1 aliphatic carbocycles. The number of nitrogens with zero attached hydrogens (tertiary/aromatic N) is 1. The number of carbonyl (C=O) groups is 2. The van der Waals surface area contributed by atoms with E-state index in [0.717, 1.165) is 0 Å². The summed E-state index contributed by atoms with van der Waals surface area (Å²) in [6.07, 6.45) is 3.48. The molecular formula is C16H20N2O2. The van der Waals surface area contributed by atoms with E-state index in [2.05, 4.69) is 17.4 Å². The average molecular weight is 272 g/mol. The second kappa shape index (κ2) is 5.37. The van der Waals surface area contributed by atoms with Gasteiger partial charge in [-0.05, 0) is 30.7 Å². The summed E-state index contributed by atoms with van der Waals surface area (Å²) in [4.78, 5) is 25.0. The molecule has 106 valence electrons. The van der Waals surface area contributed by atoms with E-state index >= 15 is 0 Å². The molecule has 2 fully saturated rings. The Kier molecular flexibility index (Phi) is 3.57. The normalized spacial score (nSPS) is 24.9. The highest BCUT2D eigenvalue weighted by molar-refractivity contribution is 6.00. The van der Waals surface area contributed by atoms with Gasteiger partial charge in [0.2, 0.25) is 11.8 Å². The summed E-state index contributed by atoms with van der Waals surface area (Å²) in [5.74, 6) is 0.451. The monoisotopic (exact) mass is 272 g/mol. The lowest BCUT2D eigenvalue weighted by molar-refractivity contribution is -0.148. The molecule has 2 aliphatic rings. The minimum Gasteiger partial charge on any atom is -0.299 e. The van der Waals surface area contributed by atoms with Gasteiger partial charge >= 0.3 is 0 Å². The Balaban J connectivity index is 1.74. The quantitative estimate of drug-likeness (QED) is 0.851. The summed E-state index contributed by atoms with van der Waals surface area (Å²) >= 11 is 0. The van der Waals surface area contributed by atoms with Crippen molar-refractivity contribution in [3.63, 3.8) is 0 Å². The van der Waals surface area contributed by atoms with E-state index < -0.39 is 0 Å². The third-order valence-corrected chi connectivity index (χ3v) is 4.28. The molecule has 20 heavy (non-hydrogen) atoms. The van der Waals surface area contributed by atoms with E-state index in [-0.39, 0.29) is 23.9 Å². The Morgan fingerprint density at radius 2 is 1.85 bits per heavy atom. The molecule has 2 atom stereocenters. The number of amides is 2. The highest BCUT2D eigenvalue weighted by atomic mass is 16.2. The minimum absolute atomic E-state index is 0.0734. The van der Waals surface area contributed by atoms with Gasteiger partial charge in [-0.2, -0.15) is 0 Å². The fraction of sp³-hybridized carbons (Fsp3) is 0.500. The number of rotatable bonds is 4. The van der Waals surface area contributed by atoms with Gasteiger partial charge in [0.1, 0.15) is 0 Å². The zero-order valence-electron chi connectivity index (χ0n) is 11.7. The van der Waals surface area contributed by atoms with Gasteiger partial charge < -0.3 is 0 Å². The highest BCUT2D eigenvalue weighted by Crippen LogP contribution is 2.41. The van der Waals surface area contributed by atoms with Crippen LogP contribution in [0.1, 0.15) is 37.3 Å². The SMILES string of the molecule is CN1C(=O)CCC(NC(c2ccccc2)C2CC2)C1=O. The maximum atomic E-state index is 12.2. The fourth-order valence-electron chi connectivity index (χ4n) is 2.88. The van der Waals surface area contributed by atoms with Crippen molar-refractivity contribution in [2.75, 3.05) is 7.05 Å². The summed E-state index contributed by atoms with van der Waals surface area (Å²) in [7, 11) is 1.58.